The van der Waals surface area contributed by atoms with E-state index in [0.717, 1.165) is 22.5 Å². The van der Waals surface area contributed by atoms with Gasteiger partial charge >= 0.3 is 5.97 Å². The van der Waals surface area contributed by atoms with E-state index in [4.69, 9.17) is 18.9 Å². The van der Waals surface area contributed by atoms with Gasteiger partial charge in [-0.2, -0.15) is 4.31 Å². The molecule has 0 aliphatic carbocycles. The van der Waals surface area contributed by atoms with Crippen LogP contribution in [0.4, 0.5) is 0 Å². The van der Waals surface area contributed by atoms with Crippen LogP contribution in [-0.2, 0) is 21.2 Å². The Kier molecular flexibility index (Phi) is 8.40. The summed E-state index contributed by atoms with van der Waals surface area (Å²) in [4.78, 5) is 25.2. The van der Waals surface area contributed by atoms with E-state index in [1.54, 1.807) is 35.7 Å². The first-order chi connectivity index (χ1) is 21.7. The van der Waals surface area contributed by atoms with Crippen LogP contribution >= 0.6 is 11.3 Å². The Bertz CT molecular complexity index is 1890. The maximum atomic E-state index is 14.3. The molecule has 3 aromatic carbocycles. The second-order valence-electron chi connectivity index (χ2n) is 10.4. The molecule has 1 aromatic heterocycles. The first kappa shape index (κ1) is 30.4. The standard InChI is InChI=1S/C32H30N2O9S2/c1-40-26-9-4-20-17-27(26)42-14-3-12-33-31(36)24-18-22(6-8-25(24)35)43-21-5-7-23-19(16-21)10-13-34(29(20)23)45(38,39)28-11-15-44-30(28)32(37)41-2/h4-9,11,15-18,29,35H,3,10,12-14H2,1-2H3,(H,33,36). The van der Waals surface area contributed by atoms with Crippen molar-refractivity contribution in [1.82, 2.24) is 9.62 Å². The zero-order chi connectivity index (χ0) is 31.7. The zero-order valence-electron chi connectivity index (χ0n) is 24.4. The number of hydrogen-bond donors (Lipinski definition) is 2. The van der Waals surface area contributed by atoms with Crippen LogP contribution in [0.5, 0.6) is 28.7 Å². The number of sulfonamides is 1. The Labute approximate surface area is 264 Å². The van der Waals surface area contributed by atoms with E-state index in [1.807, 2.05) is 12.1 Å². The van der Waals surface area contributed by atoms with Gasteiger partial charge in [0.15, 0.2) is 11.5 Å². The molecule has 0 saturated heterocycles. The average Bonchev–Trinajstić information content (AvgIpc) is 3.55. The zero-order valence-corrected chi connectivity index (χ0v) is 26.1. The third-order valence-corrected chi connectivity index (χ3v) is 10.6. The molecule has 8 bridgehead atoms. The Balaban J connectivity index is 1.49. The molecule has 0 fully saturated rings. The Morgan fingerprint density at radius 2 is 1.87 bits per heavy atom. The Hall–Kier alpha value is -4.59. The summed E-state index contributed by atoms with van der Waals surface area (Å²) in [6, 6.07) is 15.7. The molecule has 4 aromatic rings. The fourth-order valence-corrected chi connectivity index (χ4v) is 8.45. The summed E-state index contributed by atoms with van der Waals surface area (Å²) < 4.78 is 52.5. The molecular formula is C32H30N2O9S2. The molecule has 0 spiro atoms. The summed E-state index contributed by atoms with van der Waals surface area (Å²) in [6.07, 6.45) is 0.808. The average molecular weight is 651 g/mol. The molecule has 234 valence electrons. The lowest BCUT2D eigenvalue weighted by molar-refractivity contribution is 0.0602. The Morgan fingerprint density at radius 3 is 2.67 bits per heavy atom. The summed E-state index contributed by atoms with van der Waals surface area (Å²) in [5, 5.41) is 14.7. The number of carbonyl (C=O) groups excluding carboxylic acids is 2. The van der Waals surface area contributed by atoms with Crippen molar-refractivity contribution in [2.75, 3.05) is 33.9 Å². The van der Waals surface area contributed by atoms with Gasteiger partial charge in [0.1, 0.15) is 27.0 Å². The highest BCUT2D eigenvalue weighted by Gasteiger charge is 2.40. The first-order valence-electron chi connectivity index (χ1n) is 14.1. The molecule has 4 heterocycles. The van der Waals surface area contributed by atoms with E-state index < -0.39 is 27.9 Å². The number of amides is 1. The summed E-state index contributed by atoms with van der Waals surface area (Å²) >= 11 is 1.01. The summed E-state index contributed by atoms with van der Waals surface area (Å²) in [6.45, 7) is 0.609. The minimum absolute atomic E-state index is 0.00588. The number of thiophene rings is 1. The third-order valence-electron chi connectivity index (χ3n) is 7.70. The second kappa shape index (κ2) is 12.4. The van der Waals surface area contributed by atoms with Crippen LogP contribution < -0.4 is 19.5 Å². The number of rotatable bonds is 4. The number of carbonyl (C=O) groups is 2. The molecule has 0 radical (unpaired) electrons. The molecule has 0 saturated carbocycles. The SMILES string of the molecule is COC(=O)c1sccc1S(=O)(=O)N1CCc2cc3ccc2C1c1ccc(OC)c(c1)OCCCNC(=O)c1cc(ccc1O)O3. The lowest BCUT2D eigenvalue weighted by Gasteiger charge is -2.37. The highest BCUT2D eigenvalue weighted by atomic mass is 32.2. The minimum Gasteiger partial charge on any atom is -0.507 e. The fourth-order valence-electron chi connectivity index (χ4n) is 5.54. The lowest BCUT2D eigenvalue weighted by atomic mass is 9.89. The number of hydrogen-bond acceptors (Lipinski definition) is 10. The second-order valence-corrected chi connectivity index (χ2v) is 13.2. The maximum absolute atomic E-state index is 14.3. The Morgan fingerprint density at radius 1 is 1.07 bits per heavy atom. The van der Waals surface area contributed by atoms with Gasteiger partial charge in [-0.25, -0.2) is 13.2 Å². The number of aromatic hydroxyl groups is 1. The van der Waals surface area contributed by atoms with Crippen molar-refractivity contribution in [1.29, 1.82) is 0 Å². The minimum atomic E-state index is -4.18. The molecule has 3 aliphatic heterocycles. The molecule has 13 heteroatoms. The molecule has 7 rings (SSSR count). The quantitative estimate of drug-likeness (QED) is 0.296. The molecule has 11 nitrogen and oxygen atoms in total. The summed E-state index contributed by atoms with van der Waals surface area (Å²) in [7, 11) is -1.45. The van der Waals surface area contributed by atoms with Crippen molar-refractivity contribution in [3.05, 3.63) is 93.2 Å². The van der Waals surface area contributed by atoms with Crippen LogP contribution in [0.1, 0.15) is 49.2 Å². The normalized spacial score (nSPS) is 16.8. The van der Waals surface area contributed by atoms with E-state index in [2.05, 4.69) is 5.32 Å². The van der Waals surface area contributed by atoms with Crippen LogP contribution in [-0.4, -0.2) is 63.6 Å². The van der Waals surface area contributed by atoms with Gasteiger partial charge in [-0.3, -0.25) is 4.79 Å². The van der Waals surface area contributed by atoms with E-state index in [1.165, 1.54) is 36.7 Å². The number of ether oxygens (including phenoxy) is 4. The molecule has 3 aliphatic rings. The number of nitrogens with zero attached hydrogens (tertiary/aromatic N) is 1. The smallest absolute Gasteiger partial charge is 0.349 e. The van der Waals surface area contributed by atoms with Gasteiger partial charge in [0.2, 0.25) is 10.0 Å². The van der Waals surface area contributed by atoms with Crippen LogP contribution in [0.25, 0.3) is 0 Å². The number of phenolic OH excluding ortho intramolecular Hbond substituents is 1. The van der Waals surface area contributed by atoms with E-state index >= 15 is 0 Å². The number of methoxy groups -OCH3 is 2. The third kappa shape index (κ3) is 5.81. The van der Waals surface area contributed by atoms with Crippen LogP contribution in [0.2, 0.25) is 0 Å². The summed E-state index contributed by atoms with van der Waals surface area (Å²) in [5.74, 6) is 0.345. The van der Waals surface area contributed by atoms with E-state index in [-0.39, 0.29) is 40.8 Å². The molecule has 2 N–H and O–H groups in total. The number of nitrogens with one attached hydrogen (secondary N) is 1. The predicted octanol–water partition coefficient (Wildman–Crippen LogP) is 4.89. The molecule has 1 atom stereocenters. The summed E-state index contributed by atoms with van der Waals surface area (Å²) in [5.41, 5.74) is 2.30. The van der Waals surface area contributed by atoms with Gasteiger partial charge in [-0.05, 0) is 83.4 Å². The topological polar surface area (TPSA) is 141 Å². The molecule has 45 heavy (non-hydrogen) atoms. The number of phenols is 1. The largest absolute Gasteiger partial charge is 0.507 e. The van der Waals surface area contributed by atoms with Crippen molar-refractivity contribution in [3.8, 4) is 28.7 Å². The van der Waals surface area contributed by atoms with Crippen molar-refractivity contribution < 1.29 is 42.1 Å². The van der Waals surface area contributed by atoms with Crippen LogP contribution in [0.15, 0.2) is 70.9 Å². The predicted molar refractivity (Wildman–Crippen MR) is 165 cm³/mol. The lowest BCUT2D eigenvalue weighted by Crippen LogP contribution is -2.40. The van der Waals surface area contributed by atoms with Crippen molar-refractivity contribution in [2.24, 2.45) is 0 Å². The van der Waals surface area contributed by atoms with Gasteiger partial charge in [0.25, 0.3) is 5.91 Å². The van der Waals surface area contributed by atoms with Crippen molar-refractivity contribution in [3.63, 3.8) is 0 Å². The maximum Gasteiger partial charge on any atom is 0.349 e. The van der Waals surface area contributed by atoms with Gasteiger partial charge in [-0.15, -0.1) is 11.3 Å². The number of fused-ring (bicyclic) bond motifs is 6. The van der Waals surface area contributed by atoms with Crippen molar-refractivity contribution in [2.45, 2.75) is 23.8 Å². The molecular weight excluding hydrogens is 620 g/mol. The van der Waals surface area contributed by atoms with Crippen molar-refractivity contribution >= 4 is 33.2 Å². The molecule has 1 amide bonds. The fraction of sp³-hybridized carbons (Fsp3) is 0.250. The van der Waals surface area contributed by atoms with E-state index in [0.29, 0.717) is 41.4 Å². The number of esters is 1. The van der Waals surface area contributed by atoms with Crippen LogP contribution in [0.3, 0.4) is 0 Å². The van der Waals surface area contributed by atoms with E-state index in [9.17, 15) is 23.1 Å². The highest BCUT2D eigenvalue weighted by molar-refractivity contribution is 7.89. The van der Waals surface area contributed by atoms with Gasteiger partial charge in [0.05, 0.1) is 32.4 Å². The molecule has 1 unspecified atom stereocenters. The monoisotopic (exact) mass is 650 g/mol. The van der Waals surface area contributed by atoms with Crippen LogP contribution in [0, 0.1) is 0 Å². The number of benzene rings is 3. The van der Waals surface area contributed by atoms with Gasteiger partial charge in [0, 0.05) is 13.1 Å². The van der Waals surface area contributed by atoms with Gasteiger partial charge in [-0.1, -0.05) is 12.1 Å². The van der Waals surface area contributed by atoms with Gasteiger partial charge < -0.3 is 29.4 Å². The first-order valence-corrected chi connectivity index (χ1v) is 16.4. The highest BCUT2D eigenvalue weighted by Crippen LogP contribution is 2.43.